The van der Waals surface area contributed by atoms with E-state index >= 15 is 0 Å². The minimum Gasteiger partial charge on any atom is -0.390 e. The summed E-state index contributed by atoms with van der Waals surface area (Å²) in [4.78, 5) is 32.2. The maximum absolute atomic E-state index is 13.5. The second kappa shape index (κ2) is 9.41. The van der Waals surface area contributed by atoms with Crippen LogP contribution in [0.15, 0.2) is 45.8 Å². The van der Waals surface area contributed by atoms with E-state index in [-0.39, 0.29) is 52.5 Å². The van der Waals surface area contributed by atoms with Crippen LogP contribution in [0.2, 0.25) is 0 Å². The molecule has 0 bridgehead atoms. The molecule has 1 amide bonds. The van der Waals surface area contributed by atoms with Crippen molar-refractivity contribution in [2.75, 3.05) is 34.6 Å². The van der Waals surface area contributed by atoms with Crippen molar-refractivity contribution in [1.29, 1.82) is 0 Å². The van der Waals surface area contributed by atoms with Gasteiger partial charge < -0.3 is 10.4 Å². The normalized spacial score (nSPS) is 21.3. The van der Waals surface area contributed by atoms with Gasteiger partial charge in [0.25, 0.3) is 10.0 Å². The largest absolute Gasteiger partial charge is 0.390 e. The fourth-order valence-electron chi connectivity index (χ4n) is 4.37. The molecule has 1 fully saturated rings. The molecule has 0 saturated carbocycles. The molecule has 3 aliphatic heterocycles. The van der Waals surface area contributed by atoms with E-state index in [1.807, 2.05) is 13.8 Å². The van der Waals surface area contributed by atoms with Crippen LogP contribution in [-0.2, 0) is 25.0 Å². The van der Waals surface area contributed by atoms with Crippen LogP contribution >= 0.6 is 0 Å². The van der Waals surface area contributed by atoms with Crippen molar-refractivity contribution in [3.8, 4) is 0 Å². The molecule has 1 aromatic carbocycles. The summed E-state index contributed by atoms with van der Waals surface area (Å²) in [6.07, 6.45) is 1.37. The number of aliphatic hydroxyl groups excluding tert-OH is 1. The quantitative estimate of drug-likeness (QED) is 0.412. The van der Waals surface area contributed by atoms with E-state index < -0.39 is 43.9 Å². The molecule has 3 aliphatic rings. The minimum atomic E-state index is -4.41. The first-order valence-corrected chi connectivity index (χ1v) is 14.8. The van der Waals surface area contributed by atoms with Crippen LogP contribution in [0.4, 0.5) is 17.2 Å². The summed E-state index contributed by atoms with van der Waals surface area (Å²) in [6.45, 7) is 4.15. The second-order valence-electron chi connectivity index (χ2n) is 9.71. The van der Waals surface area contributed by atoms with Crippen LogP contribution in [0, 0.1) is 11.8 Å². The van der Waals surface area contributed by atoms with Crippen molar-refractivity contribution in [3.05, 3.63) is 42.1 Å². The van der Waals surface area contributed by atoms with Gasteiger partial charge in [-0.15, -0.1) is 4.40 Å². The Kier molecular flexibility index (Phi) is 6.49. The molecule has 0 aliphatic carbocycles. The zero-order chi connectivity index (χ0) is 27.4. The number of benzene rings is 1. The van der Waals surface area contributed by atoms with E-state index in [0.29, 0.717) is 13.0 Å². The number of pyridine rings is 1. The third-order valence-corrected chi connectivity index (χ3v) is 9.25. The second-order valence-corrected chi connectivity index (χ2v) is 13.0. The molecule has 1 unspecified atom stereocenters. The predicted molar refractivity (Wildman–Crippen MR) is 139 cm³/mol. The molecule has 1 saturated heterocycles. The van der Waals surface area contributed by atoms with Crippen LogP contribution in [0.1, 0.15) is 30.6 Å². The summed E-state index contributed by atoms with van der Waals surface area (Å²) >= 11 is 0. The molecule has 0 spiro atoms. The summed E-state index contributed by atoms with van der Waals surface area (Å²) in [7, 11) is -8.40. The smallest absolute Gasteiger partial charge is 0.301 e. The average Bonchev–Trinajstić information content (AvgIpc) is 2.82. The molecule has 1 atom stereocenters. The first kappa shape index (κ1) is 26.2. The number of carbonyl (C=O) groups is 2. The molecule has 0 radical (unpaired) electrons. The highest BCUT2D eigenvalue weighted by atomic mass is 32.2. The molecule has 15 heteroatoms. The van der Waals surface area contributed by atoms with Gasteiger partial charge in [0.15, 0.2) is 11.7 Å². The number of carbonyl (C=O) groups excluding carboxylic acids is 2. The average molecular weight is 563 g/mol. The summed E-state index contributed by atoms with van der Waals surface area (Å²) in [6, 6.07) is 6.87. The van der Waals surface area contributed by atoms with E-state index in [1.54, 1.807) is 6.07 Å². The minimum absolute atomic E-state index is 0.0288. The Balaban J connectivity index is 1.46. The number of nitrogens with zero attached hydrogens (tertiary/aromatic N) is 4. The standard InChI is InChI=1S/C23H26N6O7S2/c1-13(2)7-9-29-22-16(4-3-8-24-22)20(31)19(23(29)32)21-25-17-6-5-14(10-18(17)37(33,34)27-21)26-38(35,36)28-11-15(30)12-28/h3-6,8,10,13,15,19,26,30H,7,9,11-12H2,1-2H3,(H,25,27). The molecule has 5 rings (SSSR count). The van der Waals surface area contributed by atoms with E-state index in [4.69, 9.17) is 0 Å². The van der Waals surface area contributed by atoms with Crippen molar-refractivity contribution in [2.24, 2.45) is 16.2 Å². The Morgan fingerprint density at radius 1 is 1.21 bits per heavy atom. The van der Waals surface area contributed by atoms with Gasteiger partial charge in [0.2, 0.25) is 5.91 Å². The number of rotatable bonds is 7. The van der Waals surface area contributed by atoms with Crippen molar-refractivity contribution in [2.45, 2.75) is 31.3 Å². The van der Waals surface area contributed by atoms with Crippen LogP contribution < -0.4 is 14.9 Å². The predicted octanol–water partition coefficient (Wildman–Crippen LogP) is 0.819. The van der Waals surface area contributed by atoms with Gasteiger partial charge in [-0.05, 0) is 42.7 Å². The SMILES string of the molecule is CC(C)CCN1C(=O)C(C2=NS(=O)(=O)c3cc(NS(=O)(=O)N4CC(O)C4)ccc3N2)C(=O)c2cccnc21. The highest BCUT2D eigenvalue weighted by molar-refractivity contribution is 7.91. The lowest BCUT2D eigenvalue weighted by atomic mass is 9.90. The highest BCUT2D eigenvalue weighted by Gasteiger charge is 2.45. The van der Waals surface area contributed by atoms with E-state index in [0.717, 1.165) is 10.4 Å². The molecule has 38 heavy (non-hydrogen) atoms. The van der Waals surface area contributed by atoms with Crippen LogP contribution in [0.25, 0.3) is 0 Å². The van der Waals surface area contributed by atoms with Gasteiger partial charge in [-0.25, -0.2) is 4.98 Å². The van der Waals surface area contributed by atoms with Gasteiger partial charge in [-0.2, -0.15) is 21.1 Å². The van der Waals surface area contributed by atoms with E-state index in [1.165, 1.54) is 29.3 Å². The number of amidine groups is 1. The van der Waals surface area contributed by atoms with Gasteiger partial charge in [0.1, 0.15) is 16.5 Å². The van der Waals surface area contributed by atoms with Gasteiger partial charge in [0.05, 0.1) is 23.0 Å². The Hall–Kier alpha value is -3.40. The molecule has 13 nitrogen and oxygen atoms in total. The monoisotopic (exact) mass is 562 g/mol. The fraction of sp³-hybridized carbons (Fsp3) is 0.391. The zero-order valence-electron chi connectivity index (χ0n) is 20.5. The van der Waals surface area contributed by atoms with E-state index in [2.05, 4.69) is 19.4 Å². The van der Waals surface area contributed by atoms with Crippen molar-refractivity contribution >= 4 is 55.0 Å². The summed E-state index contributed by atoms with van der Waals surface area (Å²) in [5.74, 6) is -2.61. The number of fused-ring (bicyclic) bond motifs is 2. The van der Waals surface area contributed by atoms with Crippen LogP contribution in [0.3, 0.4) is 0 Å². The molecule has 202 valence electrons. The first-order valence-electron chi connectivity index (χ1n) is 11.9. The number of sulfonamides is 1. The van der Waals surface area contributed by atoms with E-state index in [9.17, 15) is 31.5 Å². The maximum atomic E-state index is 13.5. The summed E-state index contributed by atoms with van der Waals surface area (Å²) < 4.78 is 58.2. The van der Waals surface area contributed by atoms with Crippen molar-refractivity contribution < 1.29 is 31.5 Å². The number of aliphatic hydroxyl groups is 1. The Morgan fingerprint density at radius 3 is 2.63 bits per heavy atom. The molecular formula is C23H26N6O7S2. The van der Waals surface area contributed by atoms with Gasteiger partial charge in [-0.1, -0.05) is 13.8 Å². The third kappa shape index (κ3) is 4.66. The van der Waals surface area contributed by atoms with Crippen molar-refractivity contribution in [3.63, 3.8) is 0 Å². The lowest BCUT2D eigenvalue weighted by Gasteiger charge is -2.34. The Labute approximate surface area is 219 Å². The number of amides is 1. The fourth-order valence-corrected chi connectivity index (χ4v) is 6.84. The first-order chi connectivity index (χ1) is 17.9. The number of aromatic nitrogens is 1. The molecule has 1 aromatic heterocycles. The number of hydrogen-bond donors (Lipinski definition) is 3. The Bertz CT molecular complexity index is 1570. The molecular weight excluding hydrogens is 536 g/mol. The zero-order valence-corrected chi connectivity index (χ0v) is 22.2. The maximum Gasteiger partial charge on any atom is 0.301 e. The number of hydrogen-bond acceptors (Lipinski definition) is 9. The summed E-state index contributed by atoms with van der Waals surface area (Å²) in [5, 5.41) is 12.2. The molecule has 4 heterocycles. The lowest BCUT2D eigenvalue weighted by Crippen LogP contribution is -2.55. The third-order valence-electron chi connectivity index (χ3n) is 6.44. The molecule has 3 N–H and O–H groups in total. The number of ketones is 1. The van der Waals surface area contributed by atoms with Gasteiger partial charge in [0, 0.05) is 25.8 Å². The Morgan fingerprint density at radius 2 is 1.95 bits per heavy atom. The van der Waals surface area contributed by atoms with Crippen molar-refractivity contribution in [1.82, 2.24) is 9.29 Å². The van der Waals surface area contributed by atoms with Crippen LogP contribution in [-0.4, -0.2) is 74.5 Å². The topological polar surface area (TPSA) is 178 Å². The number of nitrogens with one attached hydrogen (secondary N) is 2. The number of anilines is 3. The van der Waals surface area contributed by atoms with Gasteiger partial charge in [-0.3, -0.25) is 19.2 Å². The van der Waals surface area contributed by atoms with Gasteiger partial charge >= 0.3 is 10.2 Å². The molecule has 2 aromatic rings. The summed E-state index contributed by atoms with van der Waals surface area (Å²) in [5.41, 5.74) is 0.205. The number of β-amino-alcohol motifs (C(OH)–C–C–N with tert-alkyl or cyclic N) is 1. The van der Waals surface area contributed by atoms with Crippen LogP contribution in [0.5, 0.6) is 0 Å². The number of Topliss-reactive ketones (excluding diaryl/α,β-unsaturated/α-hetero) is 1. The highest BCUT2D eigenvalue weighted by Crippen LogP contribution is 2.35. The lowest BCUT2D eigenvalue weighted by molar-refractivity contribution is -0.119.